The van der Waals surface area contributed by atoms with Crippen molar-refractivity contribution in [2.45, 2.75) is 25.5 Å². The zero-order valence-electron chi connectivity index (χ0n) is 20.8. The van der Waals surface area contributed by atoms with E-state index in [1.165, 1.54) is 7.05 Å². The van der Waals surface area contributed by atoms with E-state index in [0.29, 0.717) is 29.0 Å². The second-order valence-electron chi connectivity index (χ2n) is 9.48. The molecule has 8 nitrogen and oxygen atoms in total. The Morgan fingerprint density at radius 2 is 1.69 bits per heavy atom. The fraction of sp³-hybridized carbons (Fsp3) is 0.333. The van der Waals surface area contributed by atoms with Crippen molar-refractivity contribution in [1.82, 2.24) is 13.7 Å². The van der Waals surface area contributed by atoms with Gasteiger partial charge in [-0.3, -0.25) is 13.9 Å². The molecule has 0 radical (unpaired) electrons. The van der Waals surface area contributed by atoms with Gasteiger partial charge in [-0.15, -0.1) is 0 Å². The molecule has 3 heterocycles. The van der Waals surface area contributed by atoms with Crippen molar-refractivity contribution in [3.05, 3.63) is 80.6 Å². The number of fused-ring (bicyclic) bond motifs is 3. The van der Waals surface area contributed by atoms with Gasteiger partial charge in [0, 0.05) is 19.7 Å². The lowest BCUT2D eigenvalue weighted by molar-refractivity contribution is -0.00807. The average molecular weight is 476 g/mol. The molecule has 182 valence electrons. The Hall–Kier alpha value is -3.78. The van der Waals surface area contributed by atoms with Gasteiger partial charge >= 0.3 is 5.69 Å². The van der Waals surface area contributed by atoms with E-state index >= 15 is 0 Å². The van der Waals surface area contributed by atoms with Gasteiger partial charge in [0.25, 0.3) is 5.56 Å². The zero-order valence-corrected chi connectivity index (χ0v) is 20.8. The van der Waals surface area contributed by atoms with Gasteiger partial charge in [0.15, 0.2) is 0 Å². The minimum atomic E-state index is -0.592. The highest BCUT2D eigenvalue weighted by molar-refractivity contribution is 5.96. The van der Waals surface area contributed by atoms with E-state index in [9.17, 15) is 9.59 Å². The van der Waals surface area contributed by atoms with E-state index < -0.39 is 17.3 Å². The lowest BCUT2D eigenvalue weighted by Gasteiger charge is -2.39. The van der Waals surface area contributed by atoms with Crippen LogP contribution in [0, 0.1) is 0 Å². The summed E-state index contributed by atoms with van der Waals surface area (Å²) in [5, 5.41) is 0.487. The standard InChI is InChI=1S/C27H29N3O5/c1-27(2)15-35-24(18-14-17(33-5)12-13-19(18)34-6)23-22-20(25(31)29(4)26(32)28(22)3)21(30(23)27)16-10-8-7-9-11-16/h7-14,24H,15H2,1-6H3/t24-/m0/s1. The molecule has 0 N–H and O–H groups in total. The molecular formula is C27H29N3O5. The molecule has 0 fully saturated rings. The molecule has 1 atom stereocenters. The summed E-state index contributed by atoms with van der Waals surface area (Å²) >= 11 is 0. The van der Waals surface area contributed by atoms with Crippen LogP contribution in [0.5, 0.6) is 11.5 Å². The molecular weight excluding hydrogens is 446 g/mol. The van der Waals surface area contributed by atoms with E-state index in [2.05, 4.69) is 18.4 Å². The molecule has 35 heavy (non-hydrogen) atoms. The molecule has 5 rings (SSSR count). The molecule has 1 aliphatic rings. The summed E-state index contributed by atoms with van der Waals surface area (Å²) in [6, 6.07) is 15.4. The maximum Gasteiger partial charge on any atom is 0.331 e. The number of methoxy groups -OCH3 is 2. The van der Waals surface area contributed by atoms with E-state index in [1.54, 1.807) is 25.8 Å². The van der Waals surface area contributed by atoms with Crippen LogP contribution in [-0.4, -0.2) is 34.5 Å². The molecule has 0 amide bonds. The molecule has 0 unspecified atom stereocenters. The Bertz CT molecular complexity index is 1560. The van der Waals surface area contributed by atoms with Crippen molar-refractivity contribution in [3.8, 4) is 22.8 Å². The van der Waals surface area contributed by atoms with Crippen LogP contribution in [0.4, 0.5) is 0 Å². The number of nitrogens with zero attached hydrogens (tertiary/aromatic N) is 3. The first kappa shape index (κ1) is 23.0. The summed E-state index contributed by atoms with van der Waals surface area (Å²) in [6.45, 7) is 4.53. The molecule has 8 heteroatoms. The number of ether oxygens (including phenoxy) is 3. The summed E-state index contributed by atoms with van der Waals surface area (Å²) in [7, 11) is 6.42. The second-order valence-corrected chi connectivity index (χ2v) is 9.48. The first-order chi connectivity index (χ1) is 16.7. The fourth-order valence-corrected chi connectivity index (χ4v) is 5.15. The van der Waals surface area contributed by atoms with Crippen molar-refractivity contribution >= 4 is 10.9 Å². The van der Waals surface area contributed by atoms with Gasteiger partial charge < -0.3 is 18.8 Å². The van der Waals surface area contributed by atoms with Gasteiger partial charge in [-0.05, 0) is 37.6 Å². The summed E-state index contributed by atoms with van der Waals surface area (Å²) < 4.78 is 22.5. The van der Waals surface area contributed by atoms with Crippen molar-refractivity contribution in [2.75, 3.05) is 20.8 Å². The summed E-state index contributed by atoms with van der Waals surface area (Å²) in [5.41, 5.74) is 2.49. The van der Waals surface area contributed by atoms with Crippen LogP contribution in [0.2, 0.25) is 0 Å². The third-order valence-corrected chi connectivity index (χ3v) is 6.83. The van der Waals surface area contributed by atoms with Gasteiger partial charge in [-0.25, -0.2) is 4.79 Å². The summed E-state index contributed by atoms with van der Waals surface area (Å²) in [5.74, 6) is 1.29. The van der Waals surface area contributed by atoms with Gasteiger partial charge in [-0.1, -0.05) is 30.3 Å². The Kier molecular flexibility index (Phi) is 5.36. The van der Waals surface area contributed by atoms with E-state index in [4.69, 9.17) is 14.2 Å². The SMILES string of the molecule is COc1ccc(OC)c([C@@H]2OCC(C)(C)n3c(-c4ccccc4)c4c(=O)n(C)c(=O)n(C)c4c32)c1. The molecule has 0 saturated heterocycles. The Morgan fingerprint density at radius 3 is 2.34 bits per heavy atom. The van der Waals surface area contributed by atoms with Crippen molar-refractivity contribution in [2.24, 2.45) is 14.1 Å². The fourth-order valence-electron chi connectivity index (χ4n) is 5.15. The number of benzene rings is 2. The van der Waals surface area contributed by atoms with Crippen LogP contribution in [0.15, 0.2) is 58.1 Å². The summed E-state index contributed by atoms with van der Waals surface area (Å²) in [4.78, 5) is 26.7. The molecule has 1 aliphatic heterocycles. The Balaban J connectivity index is 2.00. The predicted molar refractivity (Wildman–Crippen MR) is 135 cm³/mol. The maximum atomic E-state index is 13.6. The quantitative estimate of drug-likeness (QED) is 0.451. The molecule has 0 saturated carbocycles. The normalized spacial score (nSPS) is 16.8. The van der Waals surface area contributed by atoms with E-state index in [-0.39, 0.29) is 5.56 Å². The third kappa shape index (κ3) is 3.31. The number of hydrogen-bond donors (Lipinski definition) is 0. The Labute approximate surface area is 202 Å². The van der Waals surface area contributed by atoms with Crippen molar-refractivity contribution in [3.63, 3.8) is 0 Å². The molecule has 0 aliphatic carbocycles. The largest absolute Gasteiger partial charge is 0.497 e. The molecule has 4 aromatic rings. The number of hydrogen-bond acceptors (Lipinski definition) is 5. The lowest BCUT2D eigenvalue weighted by Crippen LogP contribution is -2.40. The maximum absolute atomic E-state index is 13.6. The van der Waals surface area contributed by atoms with Gasteiger partial charge in [-0.2, -0.15) is 0 Å². The van der Waals surface area contributed by atoms with Crippen molar-refractivity contribution < 1.29 is 14.2 Å². The van der Waals surface area contributed by atoms with Crippen LogP contribution in [-0.2, 0) is 24.4 Å². The smallest absolute Gasteiger partial charge is 0.331 e. The third-order valence-electron chi connectivity index (χ3n) is 6.83. The zero-order chi connectivity index (χ0) is 25.1. The van der Waals surface area contributed by atoms with Crippen LogP contribution >= 0.6 is 0 Å². The van der Waals surface area contributed by atoms with E-state index in [0.717, 1.165) is 27.1 Å². The minimum Gasteiger partial charge on any atom is -0.497 e. The average Bonchev–Trinajstić information content (AvgIpc) is 3.24. The monoisotopic (exact) mass is 475 g/mol. The van der Waals surface area contributed by atoms with E-state index in [1.807, 2.05) is 48.5 Å². The van der Waals surface area contributed by atoms with Crippen LogP contribution < -0.4 is 20.7 Å². The Morgan fingerprint density at radius 1 is 0.971 bits per heavy atom. The summed E-state index contributed by atoms with van der Waals surface area (Å²) in [6.07, 6.45) is -0.592. The molecule has 2 aromatic heterocycles. The van der Waals surface area contributed by atoms with Crippen LogP contribution in [0.25, 0.3) is 22.2 Å². The van der Waals surface area contributed by atoms with Gasteiger partial charge in [0.05, 0.1) is 48.7 Å². The highest BCUT2D eigenvalue weighted by Gasteiger charge is 2.41. The number of aryl methyl sites for hydroxylation is 1. The van der Waals surface area contributed by atoms with Crippen molar-refractivity contribution in [1.29, 1.82) is 0 Å². The number of aromatic nitrogens is 3. The highest BCUT2D eigenvalue weighted by atomic mass is 16.5. The minimum absolute atomic E-state index is 0.337. The number of rotatable bonds is 4. The van der Waals surface area contributed by atoms with Gasteiger partial charge in [0.2, 0.25) is 0 Å². The van der Waals surface area contributed by atoms with Crippen LogP contribution in [0.3, 0.4) is 0 Å². The molecule has 0 bridgehead atoms. The molecule has 0 spiro atoms. The highest BCUT2D eigenvalue weighted by Crippen LogP contribution is 2.47. The lowest BCUT2D eigenvalue weighted by atomic mass is 9.97. The van der Waals surface area contributed by atoms with Crippen LogP contribution in [0.1, 0.15) is 31.2 Å². The second kappa shape index (κ2) is 8.16. The first-order valence-electron chi connectivity index (χ1n) is 11.4. The van der Waals surface area contributed by atoms with Gasteiger partial charge in [0.1, 0.15) is 17.6 Å². The molecule has 2 aromatic carbocycles. The predicted octanol–water partition coefficient (Wildman–Crippen LogP) is 3.58. The first-order valence-corrected chi connectivity index (χ1v) is 11.4. The topological polar surface area (TPSA) is 76.6 Å².